The van der Waals surface area contributed by atoms with E-state index in [0.29, 0.717) is 0 Å². The van der Waals surface area contributed by atoms with Crippen molar-refractivity contribution in [2.45, 2.75) is 43.9 Å². The van der Waals surface area contributed by atoms with Gasteiger partial charge in [-0.2, -0.15) is 0 Å². The summed E-state index contributed by atoms with van der Waals surface area (Å²) >= 11 is 0. The van der Waals surface area contributed by atoms with Crippen LogP contribution in [0.2, 0.25) is 0 Å². The summed E-state index contributed by atoms with van der Waals surface area (Å²) in [5.74, 6) is 0. The first-order valence-electron chi connectivity index (χ1n) is 3.87. The highest BCUT2D eigenvalue weighted by atomic mass is 16.3. The Kier molecular flexibility index (Phi) is 1.24. The second kappa shape index (κ2) is 1.96. The molecule has 0 aromatic rings. The lowest BCUT2D eigenvalue weighted by Crippen LogP contribution is -2.93. The SMILES string of the molecule is OC1C[C@H]2CC[C@@H](C1)[NH2+]2. The van der Waals surface area contributed by atoms with E-state index in [1.807, 2.05) is 0 Å². The van der Waals surface area contributed by atoms with Crippen LogP contribution >= 0.6 is 0 Å². The maximum absolute atomic E-state index is 9.27. The molecule has 3 atom stereocenters. The first-order valence-corrected chi connectivity index (χ1v) is 3.87. The van der Waals surface area contributed by atoms with E-state index in [1.54, 1.807) is 0 Å². The van der Waals surface area contributed by atoms with E-state index >= 15 is 0 Å². The van der Waals surface area contributed by atoms with Gasteiger partial charge in [0.15, 0.2) is 0 Å². The van der Waals surface area contributed by atoms with Gasteiger partial charge in [0.1, 0.15) is 0 Å². The molecular weight excluding hydrogens is 114 g/mol. The fraction of sp³-hybridized carbons (Fsp3) is 1.00. The minimum Gasteiger partial charge on any atom is -0.393 e. The predicted molar refractivity (Wildman–Crippen MR) is 34.0 cm³/mol. The normalized spacial score (nSPS) is 49.7. The molecule has 0 amide bonds. The van der Waals surface area contributed by atoms with Gasteiger partial charge in [-0.15, -0.1) is 0 Å². The van der Waals surface area contributed by atoms with Crippen LogP contribution in [0.5, 0.6) is 0 Å². The molecule has 3 N–H and O–H groups in total. The molecule has 0 aromatic heterocycles. The van der Waals surface area contributed by atoms with Gasteiger partial charge in [-0.25, -0.2) is 0 Å². The Morgan fingerprint density at radius 2 is 1.67 bits per heavy atom. The number of hydrogen-bond acceptors (Lipinski definition) is 1. The molecule has 0 saturated carbocycles. The number of aliphatic hydroxyl groups is 1. The van der Waals surface area contributed by atoms with Gasteiger partial charge >= 0.3 is 0 Å². The fourth-order valence-electron chi connectivity index (χ4n) is 2.19. The Morgan fingerprint density at radius 3 is 2.22 bits per heavy atom. The van der Waals surface area contributed by atoms with Gasteiger partial charge in [0, 0.05) is 25.7 Å². The largest absolute Gasteiger partial charge is 0.393 e. The lowest BCUT2D eigenvalue weighted by atomic mass is 10.0. The van der Waals surface area contributed by atoms with Gasteiger partial charge in [-0.3, -0.25) is 0 Å². The highest BCUT2D eigenvalue weighted by Crippen LogP contribution is 2.20. The van der Waals surface area contributed by atoms with Crippen LogP contribution < -0.4 is 5.32 Å². The number of rotatable bonds is 0. The van der Waals surface area contributed by atoms with Crippen LogP contribution in [0.1, 0.15) is 25.7 Å². The number of quaternary nitrogens is 1. The van der Waals surface area contributed by atoms with Crippen LogP contribution in [-0.2, 0) is 0 Å². The van der Waals surface area contributed by atoms with Crippen molar-refractivity contribution in [1.82, 2.24) is 0 Å². The van der Waals surface area contributed by atoms with Gasteiger partial charge in [-0.05, 0) is 0 Å². The second-order valence-corrected chi connectivity index (χ2v) is 3.42. The zero-order valence-electron chi connectivity index (χ0n) is 5.59. The summed E-state index contributed by atoms with van der Waals surface area (Å²) in [4.78, 5) is 0. The summed E-state index contributed by atoms with van der Waals surface area (Å²) in [5.41, 5.74) is 0. The van der Waals surface area contributed by atoms with E-state index in [9.17, 15) is 5.11 Å². The highest BCUT2D eigenvalue weighted by Gasteiger charge is 2.36. The maximum Gasteiger partial charge on any atom is 0.0888 e. The Hall–Kier alpha value is -0.0800. The molecule has 0 radical (unpaired) electrons. The van der Waals surface area contributed by atoms with Gasteiger partial charge in [0.05, 0.1) is 18.2 Å². The molecule has 9 heavy (non-hydrogen) atoms. The lowest BCUT2D eigenvalue weighted by molar-refractivity contribution is -0.712. The van der Waals surface area contributed by atoms with E-state index in [1.165, 1.54) is 12.8 Å². The first kappa shape index (κ1) is 5.69. The third-order valence-electron chi connectivity index (χ3n) is 2.60. The van der Waals surface area contributed by atoms with E-state index < -0.39 is 0 Å². The van der Waals surface area contributed by atoms with Crippen LogP contribution in [0.15, 0.2) is 0 Å². The number of aliphatic hydroxyl groups excluding tert-OH is 1. The molecule has 0 spiro atoms. The second-order valence-electron chi connectivity index (χ2n) is 3.42. The van der Waals surface area contributed by atoms with Crippen LogP contribution in [0.4, 0.5) is 0 Å². The molecule has 2 aliphatic heterocycles. The van der Waals surface area contributed by atoms with Crippen molar-refractivity contribution in [3.05, 3.63) is 0 Å². The minimum absolute atomic E-state index is 0.0208. The molecule has 0 aliphatic carbocycles. The molecule has 2 heteroatoms. The van der Waals surface area contributed by atoms with Crippen LogP contribution in [-0.4, -0.2) is 23.3 Å². The maximum atomic E-state index is 9.27. The topological polar surface area (TPSA) is 36.8 Å². The average Bonchev–Trinajstić information content (AvgIpc) is 2.11. The fourth-order valence-corrected chi connectivity index (χ4v) is 2.19. The molecule has 2 aliphatic rings. The van der Waals surface area contributed by atoms with Crippen LogP contribution in [0.3, 0.4) is 0 Å². The van der Waals surface area contributed by atoms with E-state index in [0.717, 1.165) is 24.9 Å². The zero-order chi connectivity index (χ0) is 6.27. The minimum atomic E-state index is 0.0208. The summed E-state index contributed by atoms with van der Waals surface area (Å²) in [7, 11) is 0. The molecule has 2 bridgehead atoms. The summed E-state index contributed by atoms with van der Waals surface area (Å²) < 4.78 is 0. The van der Waals surface area contributed by atoms with Crippen LogP contribution in [0, 0.1) is 0 Å². The quantitative estimate of drug-likeness (QED) is 0.442. The van der Waals surface area contributed by atoms with Gasteiger partial charge in [0.2, 0.25) is 0 Å². The van der Waals surface area contributed by atoms with Gasteiger partial charge in [-0.1, -0.05) is 0 Å². The Morgan fingerprint density at radius 1 is 1.11 bits per heavy atom. The zero-order valence-corrected chi connectivity index (χ0v) is 5.59. The summed E-state index contributed by atoms with van der Waals surface area (Å²) in [5, 5.41) is 11.7. The number of fused-ring (bicyclic) bond motifs is 2. The van der Waals surface area contributed by atoms with E-state index in [4.69, 9.17) is 0 Å². The van der Waals surface area contributed by atoms with Crippen molar-refractivity contribution in [2.75, 3.05) is 0 Å². The van der Waals surface area contributed by atoms with Crippen molar-refractivity contribution in [3.63, 3.8) is 0 Å². The van der Waals surface area contributed by atoms with Crippen molar-refractivity contribution in [2.24, 2.45) is 0 Å². The molecule has 2 rings (SSSR count). The third-order valence-corrected chi connectivity index (χ3v) is 2.60. The standard InChI is InChI=1S/C7H13NO/c9-7-3-5-1-2-6(4-7)8-5/h5-9H,1-4H2/p+1/t5-,6+,7?. The molecule has 2 heterocycles. The lowest BCUT2D eigenvalue weighted by Gasteiger charge is -2.21. The highest BCUT2D eigenvalue weighted by molar-refractivity contribution is 4.79. The third kappa shape index (κ3) is 0.970. The van der Waals surface area contributed by atoms with Crippen molar-refractivity contribution < 1.29 is 10.4 Å². The summed E-state index contributed by atoms with van der Waals surface area (Å²) in [6.45, 7) is 0. The molecule has 52 valence electrons. The number of nitrogens with two attached hydrogens (primary N) is 1. The van der Waals surface area contributed by atoms with Gasteiger partial charge in [0.25, 0.3) is 0 Å². The molecule has 0 aromatic carbocycles. The average molecular weight is 128 g/mol. The molecule has 2 saturated heterocycles. The smallest absolute Gasteiger partial charge is 0.0888 e. The van der Waals surface area contributed by atoms with Crippen molar-refractivity contribution in [1.29, 1.82) is 0 Å². The Bertz CT molecular complexity index is 103. The van der Waals surface area contributed by atoms with Crippen molar-refractivity contribution >= 4 is 0 Å². The van der Waals surface area contributed by atoms with Gasteiger partial charge < -0.3 is 10.4 Å². The van der Waals surface area contributed by atoms with E-state index in [2.05, 4.69) is 5.32 Å². The molecular formula is C7H14NO+. The molecule has 2 fully saturated rings. The molecule has 2 nitrogen and oxygen atoms in total. The number of piperidine rings is 1. The number of hydrogen-bond donors (Lipinski definition) is 2. The van der Waals surface area contributed by atoms with E-state index in [-0.39, 0.29) is 6.10 Å². The summed E-state index contributed by atoms with van der Waals surface area (Å²) in [6.07, 6.45) is 4.77. The Balaban J connectivity index is 2.03. The summed E-state index contributed by atoms with van der Waals surface area (Å²) in [6, 6.07) is 1.53. The predicted octanol–water partition coefficient (Wildman–Crippen LogP) is -0.764. The van der Waals surface area contributed by atoms with Crippen molar-refractivity contribution in [3.8, 4) is 0 Å². The molecule has 1 unspecified atom stereocenters. The first-order chi connectivity index (χ1) is 4.34. The van der Waals surface area contributed by atoms with Crippen LogP contribution in [0.25, 0.3) is 0 Å². The Labute approximate surface area is 55.3 Å². The monoisotopic (exact) mass is 128 g/mol.